The van der Waals surface area contributed by atoms with Gasteiger partial charge in [0.05, 0.1) is 31.8 Å². The summed E-state index contributed by atoms with van der Waals surface area (Å²) in [5.74, 6) is -1.70. The smallest absolute Gasteiger partial charge is 0.340 e. The first-order valence-electron chi connectivity index (χ1n) is 9.42. The predicted molar refractivity (Wildman–Crippen MR) is 114 cm³/mol. The van der Waals surface area contributed by atoms with Crippen LogP contribution < -0.4 is 19.5 Å². The second-order valence-electron chi connectivity index (χ2n) is 6.71. The van der Waals surface area contributed by atoms with Crippen LogP contribution in [0.1, 0.15) is 18.5 Å². The first-order chi connectivity index (χ1) is 15.1. The minimum absolute atomic E-state index is 0.0332. The van der Waals surface area contributed by atoms with Crippen molar-refractivity contribution in [2.75, 3.05) is 25.7 Å². The van der Waals surface area contributed by atoms with Gasteiger partial charge in [-0.25, -0.2) is 18.4 Å². The number of methoxy groups -OCH3 is 2. The number of amides is 1. The first-order valence-corrected chi connectivity index (χ1v) is 11.0. The maximum atomic E-state index is 13.0. The number of carbonyl (C=O) groups excluding carboxylic acids is 2. The standard InChI is InChI=1S/C21H22N2O8S/c1-4-31-21(26)17-18(12-5-10-15(29-2)16(11-12)30-3)23(20(25)19(17)24)13-6-8-14(9-7-13)32(22,27)28/h5-11,18,24H,4H2,1-3H3,(H2,22,27,28). The number of nitrogens with zero attached hydrogens (tertiary/aromatic N) is 1. The Morgan fingerprint density at radius 1 is 1.09 bits per heavy atom. The van der Waals surface area contributed by atoms with E-state index in [1.165, 1.54) is 38.5 Å². The summed E-state index contributed by atoms with van der Waals surface area (Å²) in [5.41, 5.74) is 0.409. The number of aliphatic hydroxyl groups excluding tert-OH is 1. The van der Waals surface area contributed by atoms with Gasteiger partial charge in [0.2, 0.25) is 10.0 Å². The summed E-state index contributed by atoms with van der Waals surface area (Å²) in [5, 5.41) is 15.7. The first kappa shape index (κ1) is 23.1. The molecule has 3 N–H and O–H groups in total. The van der Waals surface area contributed by atoms with Crippen molar-refractivity contribution in [1.29, 1.82) is 0 Å². The second kappa shape index (κ2) is 8.89. The van der Waals surface area contributed by atoms with Crippen LogP contribution in [0.3, 0.4) is 0 Å². The number of anilines is 1. The van der Waals surface area contributed by atoms with E-state index in [-0.39, 0.29) is 22.8 Å². The molecule has 10 nitrogen and oxygen atoms in total. The summed E-state index contributed by atoms with van der Waals surface area (Å²) < 4.78 is 38.8. The highest BCUT2D eigenvalue weighted by Crippen LogP contribution is 2.43. The van der Waals surface area contributed by atoms with Crippen LogP contribution in [0.4, 0.5) is 5.69 Å². The van der Waals surface area contributed by atoms with Gasteiger partial charge < -0.3 is 19.3 Å². The molecule has 0 aliphatic carbocycles. The lowest BCUT2D eigenvalue weighted by Gasteiger charge is -2.27. The molecule has 1 heterocycles. The summed E-state index contributed by atoms with van der Waals surface area (Å²) in [6.45, 7) is 1.63. The fourth-order valence-corrected chi connectivity index (χ4v) is 3.94. The molecule has 0 radical (unpaired) electrons. The fourth-order valence-electron chi connectivity index (χ4n) is 3.42. The van der Waals surface area contributed by atoms with Crippen molar-refractivity contribution in [1.82, 2.24) is 0 Å². The number of carbonyl (C=O) groups is 2. The lowest BCUT2D eigenvalue weighted by atomic mass is 9.98. The van der Waals surface area contributed by atoms with Crippen molar-refractivity contribution in [3.05, 3.63) is 59.4 Å². The van der Waals surface area contributed by atoms with E-state index < -0.39 is 33.7 Å². The molecule has 0 fully saturated rings. The molecule has 0 saturated carbocycles. The number of esters is 1. The van der Waals surface area contributed by atoms with Crippen molar-refractivity contribution in [2.24, 2.45) is 5.14 Å². The Bertz CT molecular complexity index is 1190. The molecule has 1 atom stereocenters. The Hall–Kier alpha value is -3.57. The molecular formula is C21H22N2O8S. The van der Waals surface area contributed by atoms with E-state index in [1.807, 2.05) is 0 Å². The Morgan fingerprint density at radius 2 is 1.72 bits per heavy atom. The average Bonchev–Trinajstić information content (AvgIpc) is 3.03. The third-order valence-electron chi connectivity index (χ3n) is 4.87. The van der Waals surface area contributed by atoms with Gasteiger partial charge in [-0.3, -0.25) is 9.69 Å². The van der Waals surface area contributed by atoms with Crippen LogP contribution >= 0.6 is 0 Å². The number of rotatable bonds is 7. The second-order valence-corrected chi connectivity index (χ2v) is 8.28. The zero-order chi connectivity index (χ0) is 23.6. The van der Waals surface area contributed by atoms with Crippen LogP contribution in [0.15, 0.2) is 58.7 Å². The molecule has 32 heavy (non-hydrogen) atoms. The van der Waals surface area contributed by atoms with Crippen LogP contribution in [0, 0.1) is 0 Å². The van der Waals surface area contributed by atoms with E-state index in [0.717, 1.165) is 4.90 Å². The lowest BCUT2D eigenvalue weighted by molar-refractivity contribution is -0.139. The van der Waals surface area contributed by atoms with E-state index >= 15 is 0 Å². The number of benzene rings is 2. The van der Waals surface area contributed by atoms with E-state index in [0.29, 0.717) is 17.1 Å². The van der Waals surface area contributed by atoms with Crippen LogP contribution in [0.5, 0.6) is 11.5 Å². The number of nitrogens with two attached hydrogens (primary N) is 1. The zero-order valence-corrected chi connectivity index (χ0v) is 18.4. The van der Waals surface area contributed by atoms with E-state index in [4.69, 9.17) is 19.3 Å². The van der Waals surface area contributed by atoms with E-state index in [1.54, 1.807) is 25.1 Å². The van der Waals surface area contributed by atoms with Crippen LogP contribution in [-0.4, -0.2) is 46.2 Å². The van der Waals surface area contributed by atoms with Gasteiger partial charge in [-0.15, -0.1) is 0 Å². The monoisotopic (exact) mass is 462 g/mol. The highest BCUT2D eigenvalue weighted by Gasteiger charge is 2.45. The number of ether oxygens (including phenoxy) is 3. The Kier molecular flexibility index (Phi) is 6.42. The minimum atomic E-state index is -3.95. The molecule has 11 heteroatoms. The third kappa shape index (κ3) is 4.12. The molecule has 1 amide bonds. The van der Waals surface area contributed by atoms with Gasteiger partial charge in [0, 0.05) is 5.69 Å². The van der Waals surface area contributed by atoms with Gasteiger partial charge in [-0.2, -0.15) is 0 Å². The van der Waals surface area contributed by atoms with Gasteiger partial charge in [-0.1, -0.05) is 6.07 Å². The predicted octanol–water partition coefficient (Wildman–Crippen LogP) is 1.81. The number of hydrogen-bond donors (Lipinski definition) is 2. The molecule has 3 rings (SSSR count). The lowest BCUT2D eigenvalue weighted by Crippen LogP contribution is -2.31. The minimum Gasteiger partial charge on any atom is -0.503 e. The van der Waals surface area contributed by atoms with Gasteiger partial charge in [0.1, 0.15) is 5.57 Å². The molecule has 1 aliphatic rings. The van der Waals surface area contributed by atoms with Crippen molar-refractivity contribution in [3.8, 4) is 11.5 Å². The normalized spacial score (nSPS) is 16.3. The van der Waals surface area contributed by atoms with Gasteiger partial charge in [-0.05, 0) is 48.9 Å². The van der Waals surface area contributed by atoms with Crippen molar-refractivity contribution in [3.63, 3.8) is 0 Å². The fraction of sp³-hybridized carbons (Fsp3) is 0.238. The number of aliphatic hydroxyl groups is 1. The summed E-state index contributed by atoms with van der Waals surface area (Å²) in [6.07, 6.45) is 0. The number of sulfonamides is 1. The maximum Gasteiger partial charge on any atom is 0.340 e. The molecule has 0 spiro atoms. The molecule has 1 unspecified atom stereocenters. The highest BCUT2D eigenvalue weighted by atomic mass is 32.2. The number of hydrogen-bond acceptors (Lipinski definition) is 8. The molecule has 2 aromatic carbocycles. The number of primary sulfonamides is 1. The Balaban J connectivity index is 2.18. The maximum absolute atomic E-state index is 13.0. The summed E-state index contributed by atoms with van der Waals surface area (Å²) in [6, 6.07) is 8.87. The third-order valence-corrected chi connectivity index (χ3v) is 5.80. The van der Waals surface area contributed by atoms with Gasteiger partial charge >= 0.3 is 5.97 Å². The summed E-state index contributed by atoms with van der Waals surface area (Å²) in [4.78, 5) is 26.6. The quantitative estimate of drug-likeness (QED) is 0.593. The van der Waals surface area contributed by atoms with Crippen LogP contribution in [-0.2, 0) is 24.3 Å². The van der Waals surface area contributed by atoms with Crippen molar-refractivity contribution < 1.29 is 37.3 Å². The summed E-state index contributed by atoms with van der Waals surface area (Å²) in [7, 11) is -1.05. The Morgan fingerprint density at radius 3 is 2.25 bits per heavy atom. The molecule has 2 aromatic rings. The highest BCUT2D eigenvalue weighted by molar-refractivity contribution is 7.89. The van der Waals surface area contributed by atoms with Crippen LogP contribution in [0.25, 0.3) is 0 Å². The molecule has 1 aliphatic heterocycles. The average molecular weight is 462 g/mol. The van der Waals surface area contributed by atoms with Crippen molar-refractivity contribution in [2.45, 2.75) is 17.9 Å². The van der Waals surface area contributed by atoms with E-state index in [2.05, 4.69) is 0 Å². The molecular weight excluding hydrogens is 440 g/mol. The van der Waals surface area contributed by atoms with Gasteiger partial charge in [0.25, 0.3) is 5.91 Å². The molecule has 0 bridgehead atoms. The zero-order valence-electron chi connectivity index (χ0n) is 17.6. The molecule has 0 aromatic heterocycles. The Labute approximate surface area is 184 Å². The van der Waals surface area contributed by atoms with Crippen molar-refractivity contribution >= 4 is 27.6 Å². The van der Waals surface area contributed by atoms with Gasteiger partial charge in [0.15, 0.2) is 17.3 Å². The SMILES string of the molecule is CCOC(=O)C1=C(O)C(=O)N(c2ccc(S(N)(=O)=O)cc2)C1c1ccc(OC)c(OC)c1. The molecule has 170 valence electrons. The topological polar surface area (TPSA) is 145 Å². The molecule has 0 saturated heterocycles. The van der Waals surface area contributed by atoms with Crippen LogP contribution in [0.2, 0.25) is 0 Å². The van der Waals surface area contributed by atoms with E-state index in [9.17, 15) is 23.1 Å². The summed E-state index contributed by atoms with van der Waals surface area (Å²) >= 11 is 0. The largest absolute Gasteiger partial charge is 0.503 e.